The molecular formula is C17H15N3O2S. The van der Waals surface area contributed by atoms with Crippen LogP contribution in [0.1, 0.15) is 12.5 Å². The van der Waals surface area contributed by atoms with Crippen LogP contribution in [0.5, 0.6) is 11.5 Å². The monoisotopic (exact) mass is 325 g/mol. The molecule has 0 aliphatic heterocycles. The summed E-state index contributed by atoms with van der Waals surface area (Å²) in [4.78, 5) is 4.47. The summed E-state index contributed by atoms with van der Waals surface area (Å²) in [5, 5.41) is 26.2. The van der Waals surface area contributed by atoms with E-state index in [-0.39, 0.29) is 11.5 Å². The fourth-order valence-corrected chi connectivity index (χ4v) is 2.73. The van der Waals surface area contributed by atoms with Crippen LogP contribution in [0.3, 0.4) is 0 Å². The first-order valence-electron chi connectivity index (χ1n) is 6.97. The van der Waals surface area contributed by atoms with Crippen molar-refractivity contribution in [2.24, 2.45) is 5.10 Å². The molecule has 0 saturated carbocycles. The Kier molecular flexibility index (Phi) is 4.25. The molecule has 2 aromatic carbocycles. The van der Waals surface area contributed by atoms with Crippen LogP contribution in [0.15, 0.2) is 59.0 Å². The Morgan fingerprint density at radius 1 is 1.13 bits per heavy atom. The Balaban J connectivity index is 1.78. The number of hydrogen-bond donors (Lipinski definition) is 3. The van der Waals surface area contributed by atoms with E-state index in [1.807, 2.05) is 35.7 Å². The maximum Gasteiger partial charge on any atom is 0.203 e. The number of anilines is 1. The van der Waals surface area contributed by atoms with E-state index in [0.29, 0.717) is 16.4 Å². The van der Waals surface area contributed by atoms with Crippen molar-refractivity contribution in [2.75, 3.05) is 5.43 Å². The van der Waals surface area contributed by atoms with Gasteiger partial charge < -0.3 is 10.2 Å². The highest BCUT2D eigenvalue weighted by Gasteiger charge is 2.07. The molecule has 3 rings (SSSR count). The van der Waals surface area contributed by atoms with Crippen molar-refractivity contribution >= 4 is 22.2 Å². The largest absolute Gasteiger partial charge is 0.508 e. The van der Waals surface area contributed by atoms with Crippen molar-refractivity contribution in [3.8, 4) is 22.8 Å². The van der Waals surface area contributed by atoms with Crippen LogP contribution in [0.25, 0.3) is 11.3 Å². The molecule has 23 heavy (non-hydrogen) atoms. The molecule has 0 bridgehead atoms. The van der Waals surface area contributed by atoms with Crippen molar-refractivity contribution in [3.63, 3.8) is 0 Å². The SMILES string of the molecule is C/C(=N\Nc1nc(-c2ccccc2)cs1)c1cc(O)ccc1O. The zero-order chi connectivity index (χ0) is 16.2. The van der Waals surface area contributed by atoms with Gasteiger partial charge in [-0.3, -0.25) is 5.43 Å². The summed E-state index contributed by atoms with van der Waals surface area (Å²) in [5.41, 5.74) is 5.83. The number of aromatic nitrogens is 1. The van der Waals surface area contributed by atoms with Gasteiger partial charge in [0.15, 0.2) is 0 Å². The van der Waals surface area contributed by atoms with Gasteiger partial charge in [-0.25, -0.2) is 4.98 Å². The summed E-state index contributed by atoms with van der Waals surface area (Å²) in [6.45, 7) is 1.74. The molecule has 0 aliphatic carbocycles. The van der Waals surface area contributed by atoms with Crippen molar-refractivity contribution in [2.45, 2.75) is 6.92 Å². The molecule has 0 spiro atoms. The zero-order valence-corrected chi connectivity index (χ0v) is 13.2. The Hall–Kier alpha value is -2.86. The number of aromatic hydroxyl groups is 2. The lowest BCUT2D eigenvalue weighted by atomic mass is 10.1. The standard InChI is InChI=1S/C17H15N3O2S/c1-11(14-9-13(21)7-8-16(14)22)19-20-17-18-15(10-23-17)12-5-3-2-4-6-12/h2-10,21-22H,1H3,(H,18,20)/b19-11+. The van der Waals surface area contributed by atoms with Gasteiger partial charge in [-0.05, 0) is 25.1 Å². The van der Waals surface area contributed by atoms with E-state index in [9.17, 15) is 10.2 Å². The van der Waals surface area contributed by atoms with Gasteiger partial charge in [-0.15, -0.1) is 11.3 Å². The van der Waals surface area contributed by atoms with E-state index in [1.165, 1.54) is 29.5 Å². The molecular weight excluding hydrogens is 310 g/mol. The van der Waals surface area contributed by atoms with E-state index in [4.69, 9.17) is 0 Å². The van der Waals surface area contributed by atoms with Crippen LogP contribution in [0.2, 0.25) is 0 Å². The van der Waals surface area contributed by atoms with E-state index in [2.05, 4.69) is 15.5 Å². The maximum atomic E-state index is 9.82. The third-order valence-corrected chi connectivity index (χ3v) is 4.01. The van der Waals surface area contributed by atoms with Crippen LogP contribution in [-0.4, -0.2) is 20.9 Å². The topological polar surface area (TPSA) is 77.7 Å². The minimum absolute atomic E-state index is 0.0648. The van der Waals surface area contributed by atoms with Gasteiger partial charge in [0.05, 0.1) is 11.4 Å². The number of phenolic OH excluding ortho intramolecular Hbond substituents is 2. The number of hydrazone groups is 1. The average Bonchev–Trinajstić information content (AvgIpc) is 3.05. The molecule has 6 heteroatoms. The number of nitrogens with zero attached hydrogens (tertiary/aromatic N) is 2. The maximum absolute atomic E-state index is 9.82. The Morgan fingerprint density at radius 2 is 1.91 bits per heavy atom. The van der Waals surface area contributed by atoms with Crippen molar-refractivity contribution < 1.29 is 10.2 Å². The van der Waals surface area contributed by atoms with Gasteiger partial charge in [0.2, 0.25) is 5.13 Å². The van der Waals surface area contributed by atoms with Crippen molar-refractivity contribution in [3.05, 3.63) is 59.5 Å². The third kappa shape index (κ3) is 3.49. The first-order chi connectivity index (χ1) is 11.1. The summed E-state index contributed by atoms with van der Waals surface area (Å²) in [7, 11) is 0. The van der Waals surface area contributed by atoms with Crippen LogP contribution >= 0.6 is 11.3 Å². The molecule has 5 nitrogen and oxygen atoms in total. The van der Waals surface area contributed by atoms with Crippen LogP contribution in [0, 0.1) is 0 Å². The molecule has 3 N–H and O–H groups in total. The molecule has 3 aromatic rings. The summed E-state index contributed by atoms with van der Waals surface area (Å²) in [5.74, 6) is 0.142. The van der Waals surface area contributed by atoms with Crippen LogP contribution in [-0.2, 0) is 0 Å². The molecule has 0 amide bonds. The first kappa shape index (κ1) is 15.1. The highest BCUT2D eigenvalue weighted by Crippen LogP contribution is 2.25. The molecule has 0 fully saturated rings. The Morgan fingerprint density at radius 3 is 2.70 bits per heavy atom. The van der Waals surface area contributed by atoms with Crippen LogP contribution in [0.4, 0.5) is 5.13 Å². The van der Waals surface area contributed by atoms with Gasteiger partial charge in [-0.1, -0.05) is 30.3 Å². The lowest BCUT2D eigenvalue weighted by Crippen LogP contribution is -2.00. The molecule has 0 saturated heterocycles. The fraction of sp³-hybridized carbons (Fsp3) is 0.0588. The number of nitrogens with one attached hydrogen (secondary N) is 1. The fourth-order valence-electron chi connectivity index (χ4n) is 2.07. The molecule has 0 aliphatic rings. The van der Waals surface area contributed by atoms with E-state index in [0.717, 1.165) is 11.3 Å². The number of thiazole rings is 1. The quantitative estimate of drug-likeness (QED) is 0.384. The molecule has 0 unspecified atom stereocenters. The minimum atomic E-state index is 0.0648. The van der Waals surface area contributed by atoms with Gasteiger partial charge >= 0.3 is 0 Å². The van der Waals surface area contributed by atoms with Gasteiger partial charge in [-0.2, -0.15) is 5.10 Å². The van der Waals surface area contributed by atoms with E-state index >= 15 is 0 Å². The predicted molar refractivity (Wildman–Crippen MR) is 93.2 cm³/mol. The molecule has 1 aromatic heterocycles. The second-order valence-corrected chi connectivity index (χ2v) is 5.77. The lowest BCUT2D eigenvalue weighted by molar-refractivity contribution is 0.459. The number of phenols is 2. The molecule has 0 radical (unpaired) electrons. The predicted octanol–water partition coefficient (Wildman–Crippen LogP) is 4.06. The highest BCUT2D eigenvalue weighted by atomic mass is 32.1. The smallest absolute Gasteiger partial charge is 0.203 e. The minimum Gasteiger partial charge on any atom is -0.508 e. The summed E-state index contributed by atoms with van der Waals surface area (Å²) >= 11 is 1.45. The Bertz CT molecular complexity index is 844. The van der Waals surface area contributed by atoms with Gasteiger partial charge in [0.1, 0.15) is 11.5 Å². The number of hydrogen-bond acceptors (Lipinski definition) is 6. The van der Waals surface area contributed by atoms with Gasteiger partial charge in [0.25, 0.3) is 0 Å². The summed E-state index contributed by atoms with van der Waals surface area (Å²) in [6.07, 6.45) is 0. The first-order valence-corrected chi connectivity index (χ1v) is 7.85. The van der Waals surface area contributed by atoms with Crippen LogP contribution < -0.4 is 5.43 Å². The van der Waals surface area contributed by atoms with Crippen molar-refractivity contribution in [1.29, 1.82) is 0 Å². The average molecular weight is 325 g/mol. The zero-order valence-electron chi connectivity index (χ0n) is 12.4. The van der Waals surface area contributed by atoms with E-state index in [1.54, 1.807) is 6.92 Å². The summed E-state index contributed by atoms with van der Waals surface area (Å²) in [6, 6.07) is 14.2. The highest BCUT2D eigenvalue weighted by molar-refractivity contribution is 7.14. The number of benzene rings is 2. The summed E-state index contributed by atoms with van der Waals surface area (Å²) < 4.78 is 0. The molecule has 116 valence electrons. The van der Waals surface area contributed by atoms with Crippen molar-refractivity contribution in [1.82, 2.24) is 4.98 Å². The molecule has 0 atom stereocenters. The lowest BCUT2D eigenvalue weighted by Gasteiger charge is -2.04. The van der Waals surface area contributed by atoms with Gasteiger partial charge in [0, 0.05) is 16.5 Å². The normalized spacial score (nSPS) is 11.4. The number of rotatable bonds is 4. The Labute approximate surface area is 137 Å². The van der Waals surface area contributed by atoms with E-state index < -0.39 is 0 Å². The second kappa shape index (κ2) is 6.50. The second-order valence-electron chi connectivity index (χ2n) is 4.91. The third-order valence-electron chi connectivity index (χ3n) is 3.26. The molecule has 1 heterocycles.